The maximum Gasteiger partial charge on any atom is 0.150 e. The molecular formula is C13H11NO. The maximum absolute atomic E-state index is 10.9. The summed E-state index contributed by atoms with van der Waals surface area (Å²) in [7, 11) is 0. The van der Waals surface area contributed by atoms with E-state index in [1.807, 2.05) is 37.3 Å². The highest BCUT2D eigenvalue weighted by molar-refractivity contribution is 5.88. The van der Waals surface area contributed by atoms with E-state index in [-0.39, 0.29) is 0 Å². The topological polar surface area (TPSA) is 30.0 Å². The number of hydrogen-bond acceptors (Lipinski definition) is 2. The Kier molecular flexibility index (Phi) is 2.59. The van der Waals surface area contributed by atoms with Gasteiger partial charge in [-0.15, -0.1) is 0 Å². The highest BCUT2D eigenvalue weighted by Crippen LogP contribution is 2.24. The molecule has 0 aliphatic heterocycles. The number of pyridine rings is 1. The van der Waals surface area contributed by atoms with E-state index in [1.54, 1.807) is 12.4 Å². The maximum atomic E-state index is 10.9. The van der Waals surface area contributed by atoms with Crippen LogP contribution in [0.2, 0.25) is 0 Å². The van der Waals surface area contributed by atoms with Gasteiger partial charge in [0.15, 0.2) is 6.29 Å². The Balaban J connectivity index is 2.64. The number of hydrogen-bond donors (Lipinski definition) is 0. The molecule has 0 radical (unpaired) electrons. The van der Waals surface area contributed by atoms with E-state index in [2.05, 4.69) is 4.98 Å². The summed E-state index contributed by atoms with van der Waals surface area (Å²) in [5.41, 5.74) is 3.82. The first-order chi connectivity index (χ1) is 7.33. The zero-order chi connectivity index (χ0) is 10.7. The minimum atomic E-state index is 0.715. The van der Waals surface area contributed by atoms with Crippen LogP contribution in [0.1, 0.15) is 15.9 Å². The lowest BCUT2D eigenvalue weighted by Crippen LogP contribution is -1.89. The molecule has 0 atom stereocenters. The molecule has 1 aromatic heterocycles. The van der Waals surface area contributed by atoms with Crippen LogP contribution in [-0.4, -0.2) is 11.3 Å². The molecule has 0 aliphatic carbocycles. The van der Waals surface area contributed by atoms with E-state index in [9.17, 15) is 4.79 Å². The largest absolute Gasteiger partial charge is 0.298 e. The van der Waals surface area contributed by atoms with Crippen LogP contribution in [0.15, 0.2) is 42.7 Å². The summed E-state index contributed by atoms with van der Waals surface area (Å²) in [4.78, 5) is 14.9. The van der Waals surface area contributed by atoms with Crippen molar-refractivity contribution in [3.05, 3.63) is 53.9 Å². The molecule has 0 fully saturated rings. The van der Waals surface area contributed by atoms with Gasteiger partial charge in [0.2, 0.25) is 0 Å². The monoisotopic (exact) mass is 197 g/mol. The average Bonchev–Trinajstić information content (AvgIpc) is 2.30. The Morgan fingerprint density at radius 3 is 2.67 bits per heavy atom. The molecule has 15 heavy (non-hydrogen) atoms. The van der Waals surface area contributed by atoms with E-state index >= 15 is 0 Å². The van der Waals surface area contributed by atoms with Crippen LogP contribution in [0.5, 0.6) is 0 Å². The summed E-state index contributed by atoms with van der Waals surface area (Å²) in [6.07, 6.45) is 4.43. The average molecular weight is 197 g/mol. The van der Waals surface area contributed by atoms with E-state index in [0.717, 1.165) is 23.0 Å². The molecule has 0 amide bonds. The van der Waals surface area contributed by atoms with Crippen molar-refractivity contribution in [2.45, 2.75) is 6.92 Å². The van der Waals surface area contributed by atoms with E-state index in [0.29, 0.717) is 5.56 Å². The number of benzene rings is 1. The van der Waals surface area contributed by atoms with Crippen molar-refractivity contribution in [1.29, 1.82) is 0 Å². The van der Waals surface area contributed by atoms with E-state index < -0.39 is 0 Å². The Morgan fingerprint density at radius 1 is 1.13 bits per heavy atom. The first-order valence-corrected chi connectivity index (χ1v) is 4.78. The standard InChI is InChI=1S/C13H11NO/c1-10-8-14-7-6-12(10)13-5-3-2-4-11(13)9-15/h2-9H,1H3. The van der Waals surface area contributed by atoms with Gasteiger partial charge >= 0.3 is 0 Å². The van der Waals surface area contributed by atoms with Gasteiger partial charge in [-0.1, -0.05) is 24.3 Å². The van der Waals surface area contributed by atoms with Gasteiger partial charge in [0, 0.05) is 18.0 Å². The van der Waals surface area contributed by atoms with Crippen LogP contribution in [0.25, 0.3) is 11.1 Å². The first kappa shape index (κ1) is 9.59. The Morgan fingerprint density at radius 2 is 1.93 bits per heavy atom. The summed E-state index contributed by atoms with van der Waals surface area (Å²) < 4.78 is 0. The Bertz CT molecular complexity index is 491. The lowest BCUT2D eigenvalue weighted by Gasteiger charge is -2.07. The molecule has 1 heterocycles. The molecular weight excluding hydrogens is 186 g/mol. The molecule has 0 saturated carbocycles. The van der Waals surface area contributed by atoms with Gasteiger partial charge in [-0.25, -0.2) is 0 Å². The fourth-order valence-electron chi connectivity index (χ4n) is 1.62. The SMILES string of the molecule is Cc1cnccc1-c1ccccc1C=O. The Hall–Kier alpha value is -1.96. The van der Waals surface area contributed by atoms with Crippen molar-refractivity contribution in [1.82, 2.24) is 4.98 Å². The van der Waals surface area contributed by atoms with Crippen molar-refractivity contribution in [3.8, 4) is 11.1 Å². The zero-order valence-electron chi connectivity index (χ0n) is 8.47. The number of carbonyl (C=O) groups excluding carboxylic acids is 1. The zero-order valence-corrected chi connectivity index (χ0v) is 8.47. The fraction of sp³-hybridized carbons (Fsp3) is 0.0769. The van der Waals surface area contributed by atoms with Crippen LogP contribution < -0.4 is 0 Å². The summed E-state index contributed by atoms with van der Waals surface area (Å²) in [6.45, 7) is 1.99. The molecule has 2 aromatic rings. The summed E-state index contributed by atoms with van der Waals surface area (Å²) >= 11 is 0. The number of aromatic nitrogens is 1. The molecule has 0 aliphatic rings. The number of aryl methyl sites for hydroxylation is 1. The highest BCUT2D eigenvalue weighted by Gasteiger charge is 2.05. The van der Waals surface area contributed by atoms with Gasteiger partial charge in [0.25, 0.3) is 0 Å². The van der Waals surface area contributed by atoms with Crippen molar-refractivity contribution in [2.24, 2.45) is 0 Å². The van der Waals surface area contributed by atoms with Crippen molar-refractivity contribution in [2.75, 3.05) is 0 Å². The highest BCUT2D eigenvalue weighted by atomic mass is 16.1. The van der Waals surface area contributed by atoms with Gasteiger partial charge < -0.3 is 0 Å². The predicted molar refractivity (Wildman–Crippen MR) is 59.8 cm³/mol. The third kappa shape index (κ3) is 1.79. The number of rotatable bonds is 2. The molecule has 74 valence electrons. The predicted octanol–water partition coefficient (Wildman–Crippen LogP) is 2.87. The molecule has 2 nitrogen and oxygen atoms in total. The second kappa shape index (κ2) is 4.05. The van der Waals surface area contributed by atoms with Crippen LogP contribution in [0, 0.1) is 6.92 Å². The fourth-order valence-corrected chi connectivity index (χ4v) is 1.62. The molecule has 2 rings (SSSR count). The normalized spacial score (nSPS) is 9.93. The lowest BCUT2D eigenvalue weighted by atomic mass is 9.98. The van der Waals surface area contributed by atoms with Gasteiger partial charge in [-0.2, -0.15) is 0 Å². The van der Waals surface area contributed by atoms with Gasteiger partial charge in [0.05, 0.1) is 0 Å². The molecule has 0 spiro atoms. The third-order valence-electron chi connectivity index (χ3n) is 2.40. The van der Waals surface area contributed by atoms with Crippen molar-refractivity contribution < 1.29 is 4.79 Å². The second-order valence-corrected chi connectivity index (χ2v) is 3.40. The quantitative estimate of drug-likeness (QED) is 0.693. The van der Waals surface area contributed by atoms with Crippen LogP contribution >= 0.6 is 0 Å². The second-order valence-electron chi connectivity index (χ2n) is 3.40. The lowest BCUT2D eigenvalue weighted by molar-refractivity contribution is 0.112. The molecule has 0 unspecified atom stereocenters. The summed E-state index contributed by atoms with van der Waals surface area (Å²) in [6, 6.07) is 9.50. The van der Waals surface area contributed by atoms with Crippen LogP contribution in [-0.2, 0) is 0 Å². The van der Waals surface area contributed by atoms with Gasteiger partial charge in [-0.3, -0.25) is 9.78 Å². The number of carbonyl (C=O) groups is 1. The smallest absolute Gasteiger partial charge is 0.150 e. The minimum Gasteiger partial charge on any atom is -0.298 e. The van der Waals surface area contributed by atoms with Gasteiger partial charge in [-0.05, 0) is 29.7 Å². The molecule has 2 heteroatoms. The Labute approximate surface area is 88.6 Å². The molecule has 0 saturated heterocycles. The third-order valence-corrected chi connectivity index (χ3v) is 2.40. The van der Waals surface area contributed by atoms with Crippen molar-refractivity contribution in [3.63, 3.8) is 0 Å². The van der Waals surface area contributed by atoms with E-state index in [1.165, 1.54) is 0 Å². The molecule has 0 bridgehead atoms. The first-order valence-electron chi connectivity index (χ1n) is 4.78. The summed E-state index contributed by atoms with van der Waals surface area (Å²) in [5.74, 6) is 0. The van der Waals surface area contributed by atoms with Crippen molar-refractivity contribution >= 4 is 6.29 Å². The van der Waals surface area contributed by atoms with Crippen LogP contribution in [0.3, 0.4) is 0 Å². The van der Waals surface area contributed by atoms with Crippen LogP contribution in [0.4, 0.5) is 0 Å². The molecule has 1 aromatic carbocycles. The minimum absolute atomic E-state index is 0.715. The summed E-state index contributed by atoms with van der Waals surface area (Å²) in [5, 5.41) is 0. The van der Waals surface area contributed by atoms with E-state index in [4.69, 9.17) is 0 Å². The number of aldehydes is 1. The number of nitrogens with zero attached hydrogens (tertiary/aromatic N) is 1. The van der Waals surface area contributed by atoms with Gasteiger partial charge in [0.1, 0.15) is 0 Å². The molecule has 0 N–H and O–H groups in total.